The third-order valence-electron chi connectivity index (χ3n) is 4.12. The predicted molar refractivity (Wildman–Crippen MR) is 84.3 cm³/mol. The summed E-state index contributed by atoms with van der Waals surface area (Å²) in [7, 11) is 0. The highest BCUT2D eigenvalue weighted by Crippen LogP contribution is 2.25. The van der Waals surface area contributed by atoms with Gasteiger partial charge in [0.05, 0.1) is 6.61 Å². The average molecular weight is 269 g/mol. The van der Waals surface area contributed by atoms with Gasteiger partial charge in [0.25, 0.3) is 0 Å². The largest absolute Gasteiger partial charge is 0.493 e. The van der Waals surface area contributed by atoms with Crippen LogP contribution >= 0.6 is 0 Å². The smallest absolute Gasteiger partial charge is 0.127 e. The maximum Gasteiger partial charge on any atom is 0.127 e. The molecular formula is C18H23NO. The van der Waals surface area contributed by atoms with Crippen LogP contribution in [0.5, 0.6) is 5.75 Å². The molecule has 2 nitrogen and oxygen atoms in total. The van der Waals surface area contributed by atoms with Crippen molar-refractivity contribution < 1.29 is 4.74 Å². The highest BCUT2D eigenvalue weighted by molar-refractivity contribution is 5.88. The lowest BCUT2D eigenvalue weighted by molar-refractivity contribution is 0.308. The van der Waals surface area contributed by atoms with Crippen LogP contribution in [-0.2, 0) is 0 Å². The first-order valence-electron chi connectivity index (χ1n) is 7.77. The fraction of sp³-hybridized carbons (Fsp3) is 0.444. The Kier molecular flexibility index (Phi) is 4.54. The second kappa shape index (κ2) is 6.76. The average Bonchev–Trinajstić information content (AvgIpc) is 3.00. The Labute approximate surface area is 121 Å². The van der Waals surface area contributed by atoms with Gasteiger partial charge in [0.2, 0.25) is 0 Å². The summed E-state index contributed by atoms with van der Waals surface area (Å²) in [5.41, 5.74) is 0. The molecule has 0 amide bonds. The van der Waals surface area contributed by atoms with Crippen LogP contribution < -0.4 is 10.1 Å². The highest BCUT2D eigenvalue weighted by Gasteiger charge is 2.13. The summed E-state index contributed by atoms with van der Waals surface area (Å²) in [6.07, 6.45) is 6.56. The van der Waals surface area contributed by atoms with Crippen LogP contribution in [-0.4, -0.2) is 19.2 Å². The van der Waals surface area contributed by atoms with Gasteiger partial charge in [-0.05, 0) is 37.3 Å². The predicted octanol–water partition coefficient (Wildman–Crippen LogP) is 4.14. The molecule has 2 aromatic carbocycles. The summed E-state index contributed by atoms with van der Waals surface area (Å²) < 4.78 is 5.94. The molecule has 0 spiro atoms. The topological polar surface area (TPSA) is 21.3 Å². The Morgan fingerprint density at radius 3 is 2.70 bits per heavy atom. The molecule has 0 unspecified atom stereocenters. The molecule has 1 N–H and O–H groups in total. The number of ether oxygens (including phenoxy) is 1. The van der Waals surface area contributed by atoms with Crippen molar-refractivity contribution >= 4 is 10.8 Å². The normalized spacial score (nSPS) is 15.8. The Morgan fingerprint density at radius 2 is 1.80 bits per heavy atom. The van der Waals surface area contributed by atoms with Gasteiger partial charge in [-0.2, -0.15) is 0 Å². The third-order valence-corrected chi connectivity index (χ3v) is 4.12. The van der Waals surface area contributed by atoms with Crippen LogP contribution in [0, 0.1) is 0 Å². The fourth-order valence-corrected chi connectivity index (χ4v) is 3.01. The van der Waals surface area contributed by atoms with Gasteiger partial charge in [0, 0.05) is 11.4 Å². The molecule has 2 heteroatoms. The molecule has 20 heavy (non-hydrogen) atoms. The minimum atomic E-state index is 0.757. The quantitative estimate of drug-likeness (QED) is 0.796. The molecule has 0 aliphatic heterocycles. The number of benzene rings is 2. The second-order valence-electron chi connectivity index (χ2n) is 5.61. The lowest BCUT2D eigenvalue weighted by atomic mass is 10.1. The number of nitrogens with one attached hydrogen (secondary N) is 1. The Bertz CT molecular complexity index is 541. The van der Waals surface area contributed by atoms with Crippen LogP contribution in [0.4, 0.5) is 0 Å². The number of hydrogen-bond acceptors (Lipinski definition) is 2. The van der Waals surface area contributed by atoms with Gasteiger partial charge in [0.15, 0.2) is 0 Å². The van der Waals surface area contributed by atoms with Crippen molar-refractivity contribution in [2.75, 3.05) is 13.2 Å². The summed E-state index contributed by atoms with van der Waals surface area (Å²) in [6, 6.07) is 15.4. The molecule has 0 radical (unpaired) electrons. The van der Waals surface area contributed by atoms with E-state index in [1.165, 1.54) is 36.5 Å². The standard InChI is InChI=1S/C18H23NO/c1-4-11-17-15(7-1)8-5-12-18(17)20-14-6-13-19-16-9-2-3-10-16/h1,4-5,7-8,11-12,16,19H,2-3,6,9-10,13-14H2. The monoisotopic (exact) mass is 269 g/mol. The molecule has 1 fully saturated rings. The number of rotatable bonds is 6. The SMILES string of the molecule is c1ccc2c(OCCCNC3CCCC3)cccc2c1. The number of fused-ring (bicyclic) bond motifs is 1. The van der Waals surface area contributed by atoms with E-state index in [0.717, 1.165) is 31.4 Å². The van der Waals surface area contributed by atoms with Gasteiger partial charge in [-0.1, -0.05) is 49.2 Å². The molecule has 2 aromatic rings. The van der Waals surface area contributed by atoms with Gasteiger partial charge in [-0.25, -0.2) is 0 Å². The van der Waals surface area contributed by atoms with Gasteiger partial charge < -0.3 is 10.1 Å². The van der Waals surface area contributed by atoms with Gasteiger partial charge in [-0.15, -0.1) is 0 Å². The lowest BCUT2D eigenvalue weighted by Gasteiger charge is -2.12. The van der Waals surface area contributed by atoms with E-state index < -0.39 is 0 Å². The van der Waals surface area contributed by atoms with Crippen molar-refractivity contribution in [2.45, 2.75) is 38.1 Å². The Morgan fingerprint density at radius 1 is 1.00 bits per heavy atom. The van der Waals surface area contributed by atoms with Crippen molar-refractivity contribution in [2.24, 2.45) is 0 Å². The van der Waals surface area contributed by atoms with E-state index in [0.29, 0.717) is 0 Å². The molecule has 0 atom stereocenters. The zero-order valence-electron chi connectivity index (χ0n) is 12.0. The molecule has 1 aliphatic carbocycles. The van der Waals surface area contributed by atoms with Crippen LogP contribution in [0.15, 0.2) is 42.5 Å². The first-order valence-corrected chi connectivity index (χ1v) is 7.77. The summed E-state index contributed by atoms with van der Waals surface area (Å²) in [6.45, 7) is 1.85. The van der Waals surface area contributed by atoms with Crippen LogP contribution in [0.1, 0.15) is 32.1 Å². The lowest BCUT2D eigenvalue weighted by Crippen LogP contribution is -2.27. The minimum Gasteiger partial charge on any atom is -0.493 e. The van der Waals surface area contributed by atoms with Crippen LogP contribution in [0.2, 0.25) is 0 Å². The molecule has 0 bridgehead atoms. The highest BCUT2D eigenvalue weighted by atomic mass is 16.5. The molecule has 3 rings (SSSR count). The Balaban J connectivity index is 1.47. The van der Waals surface area contributed by atoms with Gasteiger partial charge in [-0.3, -0.25) is 0 Å². The van der Waals surface area contributed by atoms with Crippen molar-refractivity contribution in [1.29, 1.82) is 0 Å². The van der Waals surface area contributed by atoms with E-state index >= 15 is 0 Å². The van der Waals surface area contributed by atoms with Gasteiger partial charge >= 0.3 is 0 Å². The molecular weight excluding hydrogens is 246 g/mol. The summed E-state index contributed by atoms with van der Waals surface area (Å²) >= 11 is 0. The van der Waals surface area contributed by atoms with Crippen LogP contribution in [0.25, 0.3) is 10.8 Å². The molecule has 1 aliphatic rings. The van der Waals surface area contributed by atoms with Crippen LogP contribution in [0.3, 0.4) is 0 Å². The first kappa shape index (κ1) is 13.4. The maximum absolute atomic E-state index is 5.94. The van der Waals surface area contributed by atoms with Gasteiger partial charge in [0.1, 0.15) is 5.75 Å². The van der Waals surface area contributed by atoms with E-state index in [2.05, 4.69) is 47.8 Å². The molecule has 0 aromatic heterocycles. The summed E-state index contributed by atoms with van der Waals surface area (Å²) in [4.78, 5) is 0. The van der Waals surface area contributed by atoms with E-state index in [9.17, 15) is 0 Å². The molecule has 106 valence electrons. The van der Waals surface area contributed by atoms with Crippen molar-refractivity contribution in [3.8, 4) is 5.75 Å². The minimum absolute atomic E-state index is 0.757. The number of hydrogen-bond donors (Lipinski definition) is 1. The molecule has 0 saturated heterocycles. The second-order valence-corrected chi connectivity index (χ2v) is 5.61. The molecule has 0 heterocycles. The summed E-state index contributed by atoms with van der Waals surface area (Å²) in [5.74, 6) is 1.00. The third kappa shape index (κ3) is 3.31. The zero-order chi connectivity index (χ0) is 13.6. The van der Waals surface area contributed by atoms with E-state index in [1.807, 2.05) is 0 Å². The summed E-state index contributed by atoms with van der Waals surface area (Å²) in [5, 5.41) is 6.08. The first-order chi connectivity index (χ1) is 9.93. The van der Waals surface area contributed by atoms with Crippen molar-refractivity contribution in [3.63, 3.8) is 0 Å². The Hall–Kier alpha value is -1.54. The van der Waals surface area contributed by atoms with E-state index in [4.69, 9.17) is 4.74 Å². The van der Waals surface area contributed by atoms with Crippen molar-refractivity contribution in [1.82, 2.24) is 5.32 Å². The molecule has 1 saturated carbocycles. The maximum atomic E-state index is 5.94. The van der Waals surface area contributed by atoms with E-state index in [-0.39, 0.29) is 0 Å². The van der Waals surface area contributed by atoms with Crippen molar-refractivity contribution in [3.05, 3.63) is 42.5 Å². The van der Waals surface area contributed by atoms with E-state index in [1.54, 1.807) is 0 Å². The zero-order valence-corrected chi connectivity index (χ0v) is 12.0. The fourth-order valence-electron chi connectivity index (χ4n) is 3.01.